The predicted octanol–water partition coefficient (Wildman–Crippen LogP) is 4.63. The number of nitrogens with two attached hydrogens (primary N) is 1. The van der Waals surface area contributed by atoms with Crippen molar-refractivity contribution in [3.05, 3.63) is 113 Å². The fourth-order valence-electron chi connectivity index (χ4n) is 3.66. The maximum Gasteiger partial charge on any atom is 0.245 e. The molecule has 0 aliphatic carbocycles. The molecular formula is C24H20F2N2O. The van der Waals surface area contributed by atoms with E-state index < -0.39 is 23.7 Å². The molecule has 1 aliphatic heterocycles. The van der Waals surface area contributed by atoms with E-state index in [9.17, 15) is 13.6 Å². The highest BCUT2D eigenvalue weighted by Crippen LogP contribution is 2.37. The van der Waals surface area contributed by atoms with E-state index in [-0.39, 0.29) is 18.0 Å². The summed E-state index contributed by atoms with van der Waals surface area (Å²) in [5.41, 5.74) is 8.56. The summed E-state index contributed by atoms with van der Waals surface area (Å²) in [7, 11) is 0. The molecule has 1 amide bonds. The van der Waals surface area contributed by atoms with Crippen molar-refractivity contribution in [1.29, 1.82) is 0 Å². The van der Waals surface area contributed by atoms with Crippen LogP contribution in [0, 0.1) is 11.6 Å². The minimum atomic E-state index is -0.840. The number of halogens is 2. The van der Waals surface area contributed by atoms with Gasteiger partial charge in [-0.25, -0.2) is 8.78 Å². The molecule has 0 fully saturated rings. The number of amides is 1. The third-order valence-electron chi connectivity index (χ3n) is 5.16. The first-order chi connectivity index (χ1) is 14.0. The lowest BCUT2D eigenvalue weighted by molar-refractivity contribution is -0.133. The van der Waals surface area contributed by atoms with Gasteiger partial charge in [-0.1, -0.05) is 66.7 Å². The standard InChI is InChI=1S/C24H20F2N2O/c25-19-11-12-21(26)20(14-19)18-13-22(16-7-3-1-4-8-16)28(15-18)24(29)23(27)17-9-5-2-6-10-17/h1-14,22-23H,15,27H2/t22?,23-/m0/s1. The fourth-order valence-corrected chi connectivity index (χ4v) is 3.66. The Morgan fingerprint density at radius 3 is 2.31 bits per heavy atom. The van der Waals surface area contributed by atoms with Crippen LogP contribution >= 0.6 is 0 Å². The predicted molar refractivity (Wildman–Crippen MR) is 109 cm³/mol. The molecule has 146 valence electrons. The largest absolute Gasteiger partial charge is 0.326 e. The maximum absolute atomic E-state index is 14.4. The van der Waals surface area contributed by atoms with Crippen LogP contribution in [0.1, 0.15) is 28.8 Å². The van der Waals surface area contributed by atoms with Crippen molar-refractivity contribution in [1.82, 2.24) is 4.90 Å². The lowest BCUT2D eigenvalue weighted by Crippen LogP contribution is -2.38. The summed E-state index contributed by atoms with van der Waals surface area (Å²) in [6, 6.07) is 20.7. The lowest BCUT2D eigenvalue weighted by atomic mass is 10.0. The van der Waals surface area contributed by atoms with Crippen molar-refractivity contribution in [3.8, 4) is 0 Å². The second-order valence-corrected chi connectivity index (χ2v) is 7.03. The van der Waals surface area contributed by atoms with Gasteiger partial charge in [-0.3, -0.25) is 4.79 Å². The van der Waals surface area contributed by atoms with Gasteiger partial charge in [-0.05, 0) is 34.9 Å². The van der Waals surface area contributed by atoms with Crippen LogP contribution in [0.3, 0.4) is 0 Å². The van der Waals surface area contributed by atoms with Crippen molar-refractivity contribution in [2.24, 2.45) is 5.73 Å². The summed E-state index contributed by atoms with van der Waals surface area (Å²) in [4.78, 5) is 14.9. The van der Waals surface area contributed by atoms with Crippen molar-refractivity contribution >= 4 is 11.5 Å². The molecule has 0 bridgehead atoms. The highest BCUT2D eigenvalue weighted by Gasteiger charge is 2.34. The first kappa shape index (κ1) is 19.0. The van der Waals surface area contributed by atoms with E-state index in [2.05, 4.69) is 0 Å². The van der Waals surface area contributed by atoms with Gasteiger partial charge in [0.05, 0.1) is 6.04 Å². The minimum absolute atomic E-state index is 0.152. The molecule has 0 aromatic heterocycles. The van der Waals surface area contributed by atoms with E-state index in [0.717, 1.165) is 23.8 Å². The molecule has 0 saturated carbocycles. The number of rotatable bonds is 4. The van der Waals surface area contributed by atoms with Crippen LogP contribution in [0.5, 0.6) is 0 Å². The number of nitrogens with zero attached hydrogens (tertiary/aromatic N) is 1. The van der Waals surface area contributed by atoms with Crippen molar-refractivity contribution in [2.45, 2.75) is 12.1 Å². The van der Waals surface area contributed by atoms with Gasteiger partial charge in [0, 0.05) is 12.1 Å². The summed E-state index contributed by atoms with van der Waals surface area (Å²) in [5, 5.41) is 0. The van der Waals surface area contributed by atoms with Crippen LogP contribution in [0.25, 0.3) is 5.57 Å². The van der Waals surface area contributed by atoms with Gasteiger partial charge >= 0.3 is 0 Å². The molecular weight excluding hydrogens is 370 g/mol. The average Bonchev–Trinajstić information content (AvgIpc) is 3.21. The van der Waals surface area contributed by atoms with E-state index in [0.29, 0.717) is 11.1 Å². The van der Waals surface area contributed by atoms with Crippen LogP contribution in [-0.2, 0) is 4.79 Å². The zero-order chi connectivity index (χ0) is 20.4. The van der Waals surface area contributed by atoms with E-state index in [1.54, 1.807) is 17.0 Å². The number of hydrogen-bond acceptors (Lipinski definition) is 2. The Balaban J connectivity index is 1.71. The van der Waals surface area contributed by atoms with Crippen LogP contribution in [-0.4, -0.2) is 17.4 Å². The smallest absolute Gasteiger partial charge is 0.245 e. The zero-order valence-corrected chi connectivity index (χ0v) is 15.6. The molecule has 1 heterocycles. The Labute approximate surface area is 168 Å². The highest BCUT2D eigenvalue weighted by molar-refractivity contribution is 5.87. The second-order valence-electron chi connectivity index (χ2n) is 7.03. The third kappa shape index (κ3) is 3.82. The van der Waals surface area contributed by atoms with Gasteiger partial charge in [0.2, 0.25) is 5.91 Å². The molecule has 29 heavy (non-hydrogen) atoms. The number of benzene rings is 3. The second kappa shape index (κ2) is 7.97. The van der Waals surface area contributed by atoms with Crippen LogP contribution in [0.2, 0.25) is 0 Å². The van der Waals surface area contributed by atoms with E-state index in [1.165, 1.54) is 0 Å². The van der Waals surface area contributed by atoms with Gasteiger partial charge in [0.25, 0.3) is 0 Å². The maximum atomic E-state index is 14.4. The molecule has 2 N–H and O–H groups in total. The highest BCUT2D eigenvalue weighted by atomic mass is 19.1. The van der Waals surface area contributed by atoms with Crippen LogP contribution in [0.15, 0.2) is 84.9 Å². The van der Waals surface area contributed by atoms with Gasteiger partial charge in [-0.2, -0.15) is 0 Å². The minimum Gasteiger partial charge on any atom is -0.326 e. The Kier molecular flexibility index (Phi) is 5.23. The molecule has 0 radical (unpaired) electrons. The molecule has 3 aromatic rings. The topological polar surface area (TPSA) is 46.3 Å². The molecule has 3 aromatic carbocycles. The van der Waals surface area contributed by atoms with Gasteiger partial charge in [-0.15, -0.1) is 0 Å². The molecule has 2 atom stereocenters. The molecule has 1 aliphatic rings. The Bertz CT molecular complexity index is 1050. The molecule has 5 heteroatoms. The zero-order valence-electron chi connectivity index (χ0n) is 15.6. The van der Waals surface area contributed by atoms with Crippen molar-refractivity contribution < 1.29 is 13.6 Å². The van der Waals surface area contributed by atoms with E-state index in [4.69, 9.17) is 5.73 Å². The fraction of sp³-hybridized carbons (Fsp3) is 0.125. The summed E-state index contributed by atoms with van der Waals surface area (Å²) >= 11 is 0. The van der Waals surface area contributed by atoms with Gasteiger partial charge in [0.15, 0.2) is 0 Å². The van der Waals surface area contributed by atoms with Gasteiger partial charge < -0.3 is 10.6 Å². The van der Waals surface area contributed by atoms with Crippen LogP contribution < -0.4 is 5.73 Å². The van der Waals surface area contributed by atoms with E-state index >= 15 is 0 Å². The van der Waals surface area contributed by atoms with Crippen molar-refractivity contribution in [3.63, 3.8) is 0 Å². The SMILES string of the molecule is N[C@H](C(=O)N1CC(c2cc(F)ccc2F)=CC1c1ccccc1)c1ccccc1. The van der Waals surface area contributed by atoms with Gasteiger partial charge in [0.1, 0.15) is 17.7 Å². The van der Waals surface area contributed by atoms with E-state index in [1.807, 2.05) is 54.6 Å². The number of carbonyl (C=O) groups excluding carboxylic acids is 1. The molecule has 1 unspecified atom stereocenters. The Morgan fingerprint density at radius 1 is 0.966 bits per heavy atom. The summed E-state index contributed by atoms with van der Waals surface area (Å²) in [6.07, 6.45) is 1.81. The number of carbonyl (C=O) groups is 1. The summed E-state index contributed by atoms with van der Waals surface area (Å²) < 4.78 is 28.1. The monoisotopic (exact) mass is 390 g/mol. The molecule has 4 rings (SSSR count). The quantitative estimate of drug-likeness (QED) is 0.706. The summed E-state index contributed by atoms with van der Waals surface area (Å²) in [5.74, 6) is -1.32. The normalized spacial score (nSPS) is 17.1. The molecule has 0 saturated heterocycles. The first-order valence-electron chi connectivity index (χ1n) is 9.36. The van der Waals surface area contributed by atoms with Crippen molar-refractivity contribution in [2.75, 3.05) is 6.54 Å². The average molecular weight is 390 g/mol. The third-order valence-corrected chi connectivity index (χ3v) is 5.16. The lowest BCUT2D eigenvalue weighted by Gasteiger charge is -2.28. The number of hydrogen-bond donors (Lipinski definition) is 1. The Morgan fingerprint density at radius 2 is 1.62 bits per heavy atom. The summed E-state index contributed by atoms with van der Waals surface area (Å²) in [6.45, 7) is 0.152. The molecule has 3 nitrogen and oxygen atoms in total. The Hall–Kier alpha value is -3.31. The first-order valence-corrected chi connectivity index (χ1v) is 9.36. The molecule has 0 spiro atoms. The van der Waals surface area contributed by atoms with Crippen LogP contribution in [0.4, 0.5) is 8.78 Å².